The maximum Gasteiger partial charge on any atom is 0.0943 e. The molecule has 1 heterocycles. The second-order valence-electron chi connectivity index (χ2n) is 4.03. The first-order chi connectivity index (χ1) is 6.71. The van der Waals surface area contributed by atoms with Crippen LogP contribution in [0.3, 0.4) is 0 Å². The van der Waals surface area contributed by atoms with Gasteiger partial charge in [0.15, 0.2) is 0 Å². The highest BCUT2D eigenvalue weighted by atomic mass is 16.5. The third-order valence-corrected chi connectivity index (χ3v) is 2.85. The molecule has 0 spiro atoms. The molecule has 14 heavy (non-hydrogen) atoms. The lowest BCUT2D eigenvalue weighted by atomic mass is 9.84. The van der Waals surface area contributed by atoms with Crippen molar-refractivity contribution in [2.24, 2.45) is 0 Å². The molecule has 0 bridgehead atoms. The first-order valence-electron chi connectivity index (χ1n) is 5.10. The van der Waals surface area contributed by atoms with Gasteiger partial charge < -0.3 is 9.84 Å². The van der Waals surface area contributed by atoms with Gasteiger partial charge in [-0.15, -0.1) is 0 Å². The second-order valence-corrected chi connectivity index (χ2v) is 4.03. The van der Waals surface area contributed by atoms with Crippen molar-refractivity contribution in [3.63, 3.8) is 0 Å². The normalized spacial score (nSPS) is 32.9. The second kappa shape index (κ2) is 3.71. The lowest BCUT2D eigenvalue weighted by Gasteiger charge is -2.35. The average molecular weight is 192 g/mol. The van der Waals surface area contributed by atoms with Gasteiger partial charge in [0.05, 0.1) is 18.3 Å². The molecule has 0 aliphatic carbocycles. The smallest absolute Gasteiger partial charge is 0.0943 e. The minimum atomic E-state index is -0.682. The molecular formula is C12H16O2. The first-order valence-corrected chi connectivity index (χ1v) is 5.10. The van der Waals surface area contributed by atoms with Crippen molar-refractivity contribution in [1.82, 2.24) is 0 Å². The summed E-state index contributed by atoms with van der Waals surface area (Å²) in [6.07, 6.45) is 1.53. The van der Waals surface area contributed by atoms with Gasteiger partial charge in [0, 0.05) is 12.8 Å². The van der Waals surface area contributed by atoms with Crippen LogP contribution in [0.1, 0.15) is 25.3 Å². The number of ether oxygens (including phenoxy) is 1. The minimum absolute atomic E-state index is 0.147. The largest absolute Gasteiger partial charge is 0.385 e. The lowest BCUT2D eigenvalue weighted by molar-refractivity contribution is -0.101. The van der Waals surface area contributed by atoms with Crippen LogP contribution < -0.4 is 0 Å². The van der Waals surface area contributed by atoms with Crippen molar-refractivity contribution < 1.29 is 9.84 Å². The molecule has 2 nitrogen and oxygen atoms in total. The molecule has 1 aliphatic rings. The Labute approximate surface area is 84.5 Å². The fraction of sp³-hybridized carbons (Fsp3) is 0.500. The summed E-state index contributed by atoms with van der Waals surface area (Å²) in [7, 11) is 0. The Balaban J connectivity index is 2.23. The Bertz CT molecular complexity index is 296. The standard InChI is InChI=1S/C12H16O2/c1-10-9-12(13,7-8-14-10)11-5-3-2-4-6-11/h2-6,10,13H,7-9H2,1H3/t10-,12-/m0/s1. The Morgan fingerprint density at radius 1 is 1.36 bits per heavy atom. The van der Waals surface area contributed by atoms with Crippen molar-refractivity contribution in [2.75, 3.05) is 6.61 Å². The average Bonchev–Trinajstić information content (AvgIpc) is 2.19. The van der Waals surface area contributed by atoms with Crippen LogP contribution in [0.5, 0.6) is 0 Å². The zero-order valence-electron chi connectivity index (χ0n) is 8.44. The Morgan fingerprint density at radius 3 is 2.71 bits per heavy atom. The van der Waals surface area contributed by atoms with Crippen LogP contribution in [0.2, 0.25) is 0 Å². The van der Waals surface area contributed by atoms with Gasteiger partial charge in [-0.25, -0.2) is 0 Å². The van der Waals surface area contributed by atoms with Gasteiger partial charge in [-0.1, -0.05) is 30.3 Å². The molecule has 0 radical (unpaired) electrons. The molecule has 2 heteroatoms. The summed E-state index contributed by atoms with van der Waals surface area (Å²) in [4.78, 5) is 0. The van der Waals surface area contributed by atoms with E-state index in [-0.39, 0.29) is 6.10 Å². The molecule has 0 aromatic heterocycles. The summed E-state index contributed by atoms with van der Waals surface area (Å²) in [5.41, 5.74) is 0.328. The molecule has 0 unspecified atom stereocenters. The summed E-state index contributed by atoms with van der Waals surface area (Å²) in [5.74, 6) is 0. The summed E-state index contributed by atoms with van der Waals surface area (Å²) in [6.45, 7) is 2.65. The molecule has 1 N–H and O–H groups in total. The van der Waals surface area contributed by atoms with Crippen LogP contribution in [-0.4, -0.2) is 17.8 Å². The monoisotopic (exact) mass is 192 g/mol. The van der Waals surface area contributed by atoms with E-state index >= 15 is 0 Å². The zero-order chi connectivity index (χ0) is 10.0. The van der Waals surface area contributed by atoms with Crippen molar-refractivity contribution in [3.8, 4) is 0 Å². The molecular weight excluding hydrogens is 176 g/mol. The van der Waals surface area contributed by atoms with E-state index in [1.54, 1.807) is 0 Å². The first kappa shape index (κ1) is 9.69. The van der Waals surface area contributed by atoms with Gasteiger partial charge in [0.25, 0.3) is 0 Å². The topological polar surface area (TPSA) is 29.5 Å². The van der Waals surface area contributed by atoms with Crippen LogP contribution in [0, 0.1) is 0 Å². The van der Waals surface area contributed by atoms with Crippen LogP contribution in [0.15, 0.2) is 30.3 Å². The molecule has 1 fully saturated rings. The fourth-order valence-electron chi connectivity index (χ4n) is 2.08. The Morgan fingerprint density at radius 2 is 2.07 bits per heavy atom. The SMILES string of the molecule is C[C@H]1C[C@](O)(c2ccccc2)CCO1. The number of rotatable bonds is 1. The maximum absolute atomic E-state index is 10.4. The third kappa shape index (κ3) is 1.81. The fourth-order valence-corrected chi connectivity index (χ4v) is 2.08. The Hall–Kier alpha value is -0.860. The van der Waals surface area contributed by atoms with Gasteiger partial charge in [-0.2, -0.15) is 0 Å². The van der Waals surface area contributed by atoms with E-state index in [9.17, 15) is 5.11 Å². The molecule has 76 valence electrons. The van der Waals surface area contributed by atoms with Crippen LogP contribution in [0.4, 0.5) is 0 Å². The molecule has 1 aromatic rings. The predicted octanol–water partition coefficient (Wildman–Crippen LogP) is 2.07. The lowest BCUT2D eigenvalue weighted by Crippen LogP contribution is -2.37. The van der Waals surface area contributed by atoms with Gasteiger partial charge in [0.1, 0.15) is 0 Å². The summed E-state index contributed by atoms with van der Waals surface area (Å²) < 4.78 is 5.43. The maximum atomic E-state index is 10.4. The summed E-state index contributed by atoms with van der Waals surface area (Å²) in [5, 5.41) is 10.4. The summed E-state index contributed by atoms with van der Waals surface area (Å²) in [6, 6.07) is 9.87. The Kier molecular flexibility index (Phi) is 2.57. The van der Waals surface area contributed by atoms with Crippen molar-refractivity contribution in [1.29, 1.82) is 0 Å². The molecule has 1 aliphatic heterocycles. The van der Waals surface area contributed by atoms with Crippen molar-refractivity contribution in [2.45, 2.75) is 31.5 Å². The van der Waals surface area contributed by atoms with E-state index in [4.69, 9.17) is 4.74 Å². The van der Waals surface area contributed by atoms with E-state index in [0.717, 1.165) is 5.56 Å². The van der Waals surface area contributed by atoms with E-state index in [2.05, 4.69) is 0 Å². The summed E-state index contributed by atoms with van der Waals surface area (Å²) >= 11 is 0. The van der Waals surface area contributed by atoms with Crippen molar-refractivity contribution in [3.05, 3.63) is 35.9 Å². The van der Waals surface area contributed by atoms with Gasteiger partial charge in [-0.05, 0) is 12.5 Å². The molecule has 2 atom stereocenters. The molecule has 1 aromatic carbocycles. The molecule has 0 amide bonds. The van der Waals surface area contributed by atoms with Gasteiger partial charge in [0.2, 0.25) is 0 Å². The van der Waals surface area contributed by atoms with Gasteiger partial charge >= 0.3 is 0 Å². The third-order valence-electron chi connectivity index (χ3n) is 2.85. The van der Waals surface area contributed by atoms with E-state index in [1.807, 2.05) is 37.3 Å². The van der Waals surface area contributed by atoms with E-state index in [0.29, 0.717) is 19.4 Å². The van der Waals surface area contributed by atoms with Crippen molar-refractivity contribution >= 4 is 0 Å². The number of hydrogen-bond acceptors (Lipinski definition) is 2. The highest BCUT2D eigenvalue weighted by Crippen LogP contribution is 2.34. The number of hydrogen-bond donors (Lipinski definition) is 1. The van der Waals surface area contributed by atoms with Crippen LogP contribution in [-0.2, 0) is 10.3 Å². The quantitative estimate of drug-likeness (QED) is 0.738. The number of benzene rings is 1. The zero-order valence-corrected chi connectivity index (χ0v) is 8.44. The molecule has 1 saturated heterocycles. The predicted molar refractivity (Wildman–Crippen MR) is 55.0 cm³/mol. The molecule has 2 rings (SSSR count). The van der Waals surface area contributed by atoms with E-state index in [1.165, 1.54) is 0 Å². The minimum Gasteiger partial charge on any atom is -0.385 e. The highest BCUT2D eigenvalue weighted by Gasteiger charge is 2.34. The highest BCUT2D eigenvalue weighted by molar-refractivity contribution is 5.22. The van der Waals surface area contributed by atoms with Crippen LogP contribution in [0.25, 0.3) is 0 Å². The molecule has 0 saturated carbocycles. The van der Waals surface area contributed by atoms with E-state index < -0.39 is 5.60 Å². The van der Waals surface area contributed by atoms with Crippen LogP contribution >= 0.6 is 0 Å². The van der Waals surface area contributed by atoms with Gasteiger partial charge in [-0.3, -0.25) is 0 Å². The number of aliphatic hydroxyl groups is 1.